The fourth-order valence-corrected chi connectivity index (χ4v) is 4.19. The van der Waals surface area contributed by atoms with Gasteiger partial charge in [-0.2, -0.15) is 0 Å². The van der Waals surface area contributed by atoms with E-state index < -0.39 is 12.1 Å². The van der Waals surface area contributed by atoms with Crippen molar-refractivity contribution in [1.29, 1.82) is 0 Å². The fraction of sp³-hybridized carbons (Fsp3) is 0.400. The van der Waals surface area contributed by atoms with Crippen LogP contribution in [0.1, 0.15) is 30.6 Å². The van der Waals surface area contributed by atoms with E-state index in [1.165, 1.54) is 11.8 Å². The van der Waals surface area contributed by atoms with Crippen molar-refractivity contribution < 1.29 is 14.7 Å². The lowest BCUT2D eigenvalue weighted by molar-refractivity contribution is -0.144. The van der Waals surface area contributed by atoms with E-state index in [0.717, 1.165) is 17.8 Å². The third-order valence-electron chi connectivity index (χ3n) is 5.41. The molecule has 1 unspecified atom stereocenters. The normalized spacial score (nSPS) is 25.2. The van der Waals surface area contributed by atoms with Crippen molar-refractivity contribution in [1.82, 2.24) is 14.4 Å². The molecular weight excluding hydrogens is 330 g/mol. The van der Waals surface area contributed by atoms with Gasteiger partial charge in [-0.1, -0.05) is 30.3 Å². The molecule has 3 heterocycles. The zero-order chi connectivity index (χ0) is 18.3. The van der Waals surface area contributed by atoms with Crippen LogP contribution in [0.25, 0.3) is 0 Å². The first kappa shape index (κ1) is 16.8. The van der Waals surface area contributed by atoms with E-state index in [0.29, 0.717) is 13.0 Å². The Morgan fingerprint density at radius 1 is 1.04 bits per heavy atom. The van der Waals surface area contributed by atoms with Crippen molar-refractivity contribution >= 4 is 11.8 Å². The van der Waals surface area contributed by atoms with E-state index in [2.05, 4.69) is 4.57 Å². The Kier molecular flexibility index (Phi) is 4.28. The molecular formula is C20H23N3O3. The lowest BCUT2D eigenvalue weighted by atomic mass is 9.98. The first-order chi connectivity index (χ1) is 12.6. The molecule has 6 nitrogen and oxygen atoms in total. The van der Waals surface area contributed by atoms with E-state index in [4.69, 9.17) is 0 Å². The van der Waals surface area contributed by atoms with Crippen LogP contribution in [0.15, 0.2) is 48.7 Å². The number of rotatable bonds is 2. The summed E-state index contributed by atoms with van der Waals surface area (Å²) >= 11 is 0. The van der Waals surface area contributed by atoms with Crippen LogP contribution in [0.2, 0.25) is 0 Å². The fourth-order valence-electron chi connectivity index (χ4n) is 4.19. The minimum Gasteiger partial charge on any atom is -0.391 e. The zero-order valence-electron chi connectivity index (χ0n) is 14.8. The molecule has 1 saturated heterocycles. The molecule has 0 bridgehead atoms. The van der Waals surface area contributed by atoms with Crippen molar-refractivity contribution in [2.24, 2.45) is 0 Å². The lowest BCUT2D eigenvalue weighted by Gasteiger charge is -2.39. The molecule has 1 fully saturated rings. The van der Waals surface area contributed by atoms with E-state index in [1.54, 1.807) is 0 Å². The van der Waals surface area contributed by atoms with Gasteiger partial charge in [-0.25, -0.2) is 0 Å². The molecule has 2 amide bonds. The molecule has 1 aromatic heterocycles. The second kappa shape index (κ2) is 6.61. The molecule has 6 heteroatoms. The molecule has 136 valence electrons. The van der Waals surface area contributed by atoms with Gasteiger partial charge in [-0.15, -0.1) is 0 Å². The lowest BCUT2D eigenvalue weighted by Crippen LogP contribution is -2.51. The molecule has 1 aromatic carbocycles. The number of hydrogen-bond donors (Lipinski definition) is 1. The molecule has 2 aromatic rings. The monoisotopic (exact) mass is 353 g/mol. The quantitative estimate of drug-likeness (QED) is 0.888. The number of β-amino-alcohol motifs (C(OH)–C–C–N with tert-alkyl or cyclic N) is 1. The summed E-state index contributed by atoms with van der Waals surface area (Å²) in [6.07, 6.45) is 1.70. The SMILES string of the molecule is CC(=O)N1C[C@@H](O)C[C@@H]1C(=O)N1CCn2cccc2C1c1ccccc1. The second-order valence-electron chi connectivity index (χ2n) is 7.05. The van der Waals surface area contributed by atoms with E-state index in [9.17, 15) is 14.7 Å². The standard InChI is InChI=1S/C20H23N3O3/c1-14(24)23-13-16(25)12-18(23)20(26)22-11-10-21-9-5-8-17(21)19(22)15-6-3-2-4-7-15/h2-9,16,18-19,25H,10-13H2,1H3/t16-,18+,19?/m0/s1. The average molecular weight is 353 g/mol. The Balaban J connectivity index is 1.70. The number of likely N-dealkylation sites (tertiary alicyclic amines) is 1. The number of aromatic nitrogens is 1. The number of amides is 2. The van der Waals surface area contributed by atoms with Crippen LogP contribution in [-0.4, -0.2) is 56.5 Å². The largest absolute Gasteiger partial charge is 0.391 e. The van der Waals surface area contributed by atoms with Gasteiger partial charge in [-0.3, -0.25) is 9.59 Å². The summed E-state index contributed by atoms with van der Waals surface area (Å²) in [5.74, 6) is -0.255. The predicted octanol–water partition coefficient (Wildman–Crippen LogP) is 1.40. The van der Waals surface area contributed by atoms with Gasteiger partial charge in [-0.05, 0) is 17.7 Å². The average Bonchev–Trinajstić information content (AvgIpc) is 3.27. The molecule has 2 aliphatic heterocycles. The van der Waals surface area contributed by atoms with Crippen LogP contribution in [0.4, 0.5) is 0 Å². The summed E-state index contributed by atoms with van der Waals surface area (Å²) in [5.41, 5.74) is 2.12. The summed E-state index contributed by atoms with van der Waals surface area (Å²) in [4.78, 5) is 28.7. The summed E-state index contributed by atoms with van der Waals surface area (Å²) < 4.78 is 2.17. The van der Waals surface area contributed by atoms with Gasteiger partial charge in [0.25, 0.3) is 0 Å². The summed E-state index contributed by atoms with van der Waals surface area (Å²) in [5, 5.41) is 10.0. The molecule has 0 saturated carbocycles. The molecule has 0 spiro atoms. The number of carbonyl (C=O) groups is 2. The van der Waals surface area contributed by atoms with Crippen LogP contribution in [-0.2, 0) is 16.1 Å². The number of aliphatic hydroxyl groups is 1. The molecule has 4 rings (SSSR count). The van der Waals surface area contributed by atoms with Gasteiger partial charge in [0.15, 0.2) is 0 Å². The number of benzene rings is 1. The van der Waals surface area contributed by atoms with Crippen LogP contribution in [0.5, 0.6) is 0 Å². The summed E-state index contributed by atoms with van der Waals surface area (Å²) in [6.45, 7) is 2.99. The zero-order valence-corrected chi connectivity index (χ0v) is 14.8. The third kappa shape index (κ3) is 2.80. The van der Waals surface area contributed by atoms with Gasteiger partial charge in [0.1, 0.15) is 6.04 Å². The maximum Gasteiger partial charge on any atom is 0.246 e. The molecule has 1 N–H and O–H groups in total. The number of hydrogen-bond acceptors (Lipinski definition) is 3. The minimum absolute atomic E-state index is 0.0851. The molecule has 0 aliphatic carbocycles. The summed E-state index contributed by atoms with van der Waals surface area (Å²) in [7, 11) is 0. The van der Waals surface area contributed by atoms with E-state index >= 15 is 0 Å². The Morgan fingerprint density at radius 3 is 2.54 bits per heavy atom. The van der Waals surface area contributed by atoms with Crippen LogP contribution in [0, 0.1) is 0 Å². The maximum atomic E-state index is 13.4. The van der Waals surface area contributed by atoms with Crippen molar-refractivity contribution in [2.75, 3.05) is 13.1 Å². The molecule has 26 heavy (non-hydrogen) atoms. The van der Waals surface area contributed by atoms with Gasteiger partial charge < -0.3 is 19.5 Å². The number of carbonyl (C=O) groups excluding carboxylic acids is 2. The number of nitrogens with zero attached hydrogens (tertiary/aromatic N) is 3. The first-order valence-corrected chi connectivity index (χ1v) is 9.02. The Labute approximate surface area is 152 Å². The minimum atomic E-state index is -0.642. The van der Waals surface area contributed by atoms with Crippen molar-refractivity contribution in [2.45, 2.75) is 38.1 Å². The molecule has 3 atom stereocenters. The smallest absolute Gasteiger partial charge is 0.246 e. The van der Waals surface area contributed by atoms with Crippen LogP contribution >= 0.6 is 0 Å². The van der Waals surface area contributed by atoms with Crippen molar-refractivity contribution in [3.8, 4) is 0 Å². The second-order valence-corrected chi connectivity index (χ2v) is 7.05. The number of aliphatic hydroxyl groups excluding tert-OH is 1. The van der Waals surface area contributed by atoms with Crippen LogP contribution in [0.3, 0.4) is 0 Å². The molecule has 2 aliphatic rings. The summed E-state index contributed by atoms with van der Waals surface area (Å²) in [6, 6.07) is 13.2. The molecule has 0 radical (unpaired) electrons. The maximum absolute atomic E-state index is 13.4. The highest BCUT2D eigenvalue weighted by Gasteiger charge is 2.42. The van der Waals surface area contributed by atoms with Gasteiger partial charge in [0, 0.05) is 44.9 Å². The van der Waals surface area contributed by atoms with Crippen molar-refractivity contribution in [3.05, 3.63) is 59.9 Å². The van der Waals surface area contributed by atoms with Gasteiger partial charge in [0.2, 0.25) is 11.8 Å². The van der Waals surface area contributed by atoms with Gasteiger partial charge in [0.05, 0.1) is 12.1 Å². The van der Waals surface area contributed by atoms with Crippen LogP contribution < -0.4 is 0 Å². The number of fused-ring (bicyclic) bond motifs is 1. The highest BCUT2D eigenvalue weighted by molar-refractivity contribution is 5.88. The van der Waals surface area contributed by atoms with Gasteiger partial charge >= 0.3 is 0 Å². The first-order valence-electron chi connectivity index (χ1n) is 9.02. The topological polar surface area (TPSA) is 65.8 Å². The van der Waals surface area contributed by atoms with E-state index in [-0.39, 0.29) is 24.4 Å². The third-order valence-corrected chi connectivity index (χ3v) is 5.41. The Hall–Kier alpha value is -2.60. The predicted molar refractivity (Wildman–Crippen MR) is 96.2 cm³/mol. The Morgan fingerprint density at radius 2 is 1.81 bits per heavy atom. The van der Waals surface area contributed by atoms with Crippen molar-refractivity contribution in [3.63, 3.8) is 0 Å². The Bertz CT molecular complexity index is 817. The van der Waals surface area contributed by atoms with E-state index in [1.807, 2.05) is 53.6 Å². The highest BCUT2D eigenvalue weighted by atomic mass is 16.3. The highest BCUT2D eigenvalue weighted by Crippen LogP contribution is 2.34.